The molecule has 6 heteroatoms. The summed E-state index contributed by atoms with van der Waals surface area (Å²) in [6, 6.07) is 3.07. The average Bonchev–Trinajstić information content (AvgIpc) is 2.19. The fourth-order valence-corrected chi connectivity index (χ4v) is 1.44. The van der Waals surface area contributed by atoms with Crippen LogP contribution in [0.3, 0.4) is 0 Å². The number of pyridine rings is 1. The standard InChI is InChI=1S/C9H11F2NS.CH2N2/c1-9(10,11)8-4-3-7(5-12-8)6-13-2;2-1-3/h3-5H,6H2,1-2H3;2H2. The van der Waals surface area contributed by atoms with Crippen LogP contribution >= 0.6 is 11.8 Å². The Morgan fingerprint density at radius 3 is 2.44 bits per heavy atom. The van der Waals surface area contributed by atoms with E-state index in [9.17, 15) is 8.78 Å². The molecular formula is C10H13F2N3S. The van der Waals surface area contributed by atoms with Crippen LogP contribution in [0.5, 0.6) is 0 Å². The van der Waals surface area contributed by atoms with Crippen LogP contribution in [0.25, 0.3) is 0 Å². The van der Waals surface area contributed by atoms with Gasteiger partial charge in [-0.25, -0.2) is 0 Å². The highest BCUT2D eigenvalue weighted by Crippen LogP contribution is 2.24. The Bertz CT molecular complexity index is 341. The molecule has 0 fully saturated rings. The van der Waals surface area contributed by atoms with Crippen LogP contribution in [0.4, 0.5) is 8.78 Å². The maximum absolute atomic E-state index is 12.7. The number of hydrogen-bond donors (Lipinski definition) is 1. The minimum absolute atomic E-state index is 0.169. The highest BCUT2D eigenvalue weighted by atomic mass is 32.2. The molecule has 0 atom stereocenters. The number of alkyl halides is 2. The first-order chi connectivity index (χ1) is 7.45. The molecule has 0 bridgehead atoms. The van der Waals surface area contributed by atoms with Gasteiger partial charge in [-0.3, -0.25) is 4.98 Å². The molecule has 0 aliphatic heterocycles. The monoisotopic (exact) mass is 245 g/mol. The third-order valence-electron chi connectivity index (χ3n) is 1.59. The number of halogens is 2. The Hall–Kier alpha value is -1.35. The van der Waals surface area contributed by atoms with Gasteiger partial charge in [-0.2, -0.15) is 25.8 Å². The first-order valence-corrected chi connectivity index (χ1v) is 5.77. The molecule has 3 nitrogen and oxygen atoms in total. The van der Waals surface area contributed by atoms with Crippen LogP contribution in [0, 0.1) is 11.5 Å². The van der Waals surface area contributed by atoms with E-state index in [0.29, 0.717) is 0 Å². The third kappa shape index (κ3) is 5.51. The van der Waals surface area contributed by atoms with Crippen LogP contribution in [0.1, 0.15) is 18.2 Å². The molecule has 0 radical (unpaired) electrons. The lowest BCUT2D eigenvalue weighted by Gasteiger charge is -2.09. The predicted octanol–water partition coefficient (Wildman–Crippen LogP) is 2.48. The Labute approximate surface area is 97.7 Å². The number of rotatable bonds is 3. The van der Waals surface area contributed by atoms with Crippen LogP contribution in [0.15, 0.2) is 18.3 Å². The van der Waals surface area contributed by atoms with Gasteiger partial charge in [0.05, 0.1) is 0 Å². The smallest absolute Gasteiger partial charge is 0.286 e. The van der Waals surface area contributed by atoms with Crippen molar-refractivity contribution in [2.45, 2.75) is 18.6 Å². The van der Waals surface area contributed by atoms with Crippen molar-refractivity contribution in [2.24, 2.45) is 5.73 Å². The van der Waals surface area contributed by atoms with Gasteiger partial charge in [0.15, 0.2) is 6.19 Å². The zero-order valence-corrected chi connectivity index (χ0v) is 9.89. The molecule has 0 aliphatic rings. The van der Waals surface area contributed by atoms with Crippen molar-refractivity contribution in [3.8, 4) is 6.19 Å². The zero-order valence-electron chi connectivity index (χ0n) is 9.08. The lowest BCUT2D eigenvalue weighted by atomic mass is 10.2. The van der Waals surface area contributed by atoms with Gasteiger partial charge in [0.2, 0.25) is 0 Å². The molecule has 1 rings (SSSR count). The molecule has 1 aromatic rings. The first kappa shape index (κ1) is 14.6. The van der Waals surface area contributed by atoms with E-state index in [0.717, 1.165) is 18.2 Å². The van der Waals surface area contributed by atoms with E-state index < -0.39 is 5.92 Å². The number of nitriles is 1. The summed E-state index contributed by atoms with van der Waals surface area (Å²) in [5, 5.41) is 7.10. The average molecular weight is 245 g/mol. The third-order valence-corrected chi connectivity index (χ3v) is 2.21. The summed E-state index contributed by atoms with van der Waals surface area (Å²) in [4.78, 5) is 3.71. The largest absolute Gasteiger partial charge is 0.337 e. The van der Waals surface area contributed by atoms with Gasteiger partial charge >= 0.3 is 0 Å². The lowest BCUT2D eigenvalue weighted by molar-refractivity contribution is 0.0127. The molecule has 0 amide bonds. The minimum atomic E-state index is -2.84. The number of thioether (sulfide) groups is 1. The Balaban J connectivity index is 0.000000673. The fraction of sp³-hybridized carbons (Fsp3) is 0.400. The number of aromatic nitrogens is 1. The van der Waals surface area contributed by atoms with E-state index >= 15 is 0 Å². The summed E-state index contributed by atoms with van der Waals surface area (Å²) < 4.78 is 25.4. The molecule has 0 saturated heterocycles. The van der Waals surface area contributed by atoms with Crippen molar-refractivity contribution in [1.29, 1.82) is 5.26 Å². The minimum Gasteiger partial charge on any atom is -0.337 e. The van der Waals surface area contributed by atoms with Crippen molar-refractivity contribution >= 4 is 11.8 Å². The van der Waals surface area contributed by atoms with E-state index in [1.54, 1.807) is 17.8 Å². The molecule has 0 aliphatic carbocycles. The summed E-state index contributed by atoms with van der Waals surface area (Å²) in [5.74, 6) is -2.03. The molecule has 1 aromatic heterocycles. The van der Waals surface area contributed by atoms with Gasteiger partial charge in [0.25, 0.3) is 5.92 Å². The van der Waals surface area contributed by atoms with Crippen molar-refractivity contribution < 1.29 is 8.78 Å². The van der Waals surface area contributed by atoms with E-state index in [2.05, 4.69) is 10.7 Å². The van der Waals surface area contributed by atoms with Crippen molar-refractivity contribution in [3.63, 3.8) is 0 Å². The molecular weight excluding hydrogens is 232 g/mol. The second kappa shape index (κ2) is 7.01. The highest BCUT2D eigenvalue weighted by molar-refractivity contribution is 7.97. The maximum atomic E-state index is 12.7. The van der Waals surface area contributed by atoms with E-state index in [-0.39, 0.29) is 5.69 Å². The molecule has 0 aromatic carbocycles. The number of hydrogen-bond acceptors (Lipinski definition) is 4. The van der Waals surface area contributed by atoms with Crippen molar-refractivity contribution in [2.75, 3.05) is 6.26 Å². The van der Waals surface area contributed by atoms with E-state index in [1.165, 1.54) is 18.5 Å². The molecule has 2 N–H and O–H groups in total. The normalized spacial score (nSPS) is 9.94. The zero-order chi connectivity index (χ0) is 12.6. The highest BCUT2D eigenvalue weighted by Gasteiger charge is 2.25. The van der Waals surface area contributed by atoms with Gasteiger partial charge in [-0.05, 0) is 17.9 Å². The van der Waals surface area contributed by atoms with E-state index in [1.807, 2.05) is 6.26 Å². The molecule has 16 heavy (non-hydrogen) atoms. The molecule has 0 unspecified atom stereocenters. The summed E-state index contributed by atoms with van der Waals surface area (Å²) in [5.41, 5.74) is 4.96. The van der Waals surface area contributed by atoms with Gasteiger partial charge in [0, 0.05) is 18.9 Å². The number of nitrogens with zero attached hydrogens (tertiary/aromatic N) is 2. The van der Waals surface area contributed by atoms with Crippen molar-refractivity contribution in [1.82, 2.24) is 4.98 Å². The summed E-state index contributed by atoms with van der Waals surface area (Å²) in [7, 11) is 0. The Kier molecular flexibility index (Phi) is 6.42. The van der Waals surface area contributed by atoms with Crippen LogP contribution in [-0.2, 0) is 11.7 Å². The van der Waals surface area contributed by atoms with Gasteiger partial charge in [-0.1, -0.05) is 6.07 Å². The van der Waals surface area contributed by atoms with Crippen LogP contribution in [0.2, 0.25) is 0 Å². The topological polar surface area (TPSA) is 62.7 Å². The van der Waals surface area contributed by atoms with Crippen LogP contribution in [-0.4, -0.2) is 11.2 Å². The summed E-state index contributed by atoms with van der Waals surface area (Å²) in [6.45, 7) is 0.851. The van der Waals surface area contributed by atoms with Gasteiger partial charge < -0.3 is 5.73 Å². The first-order valence-electron chi connectivity index (χ1n) is 4.37. The number of nitrogens with two attached hydrogens (primary N) is 1. The summed E-state index contributed by atoms with van der Waals surface area (Å²) in [6.07, 6.45) is 4.71. The van der Waals surface area contributed by atoms with E-state index in [4.69, 9.17) is 5.26 Å². The second-order valence-corrected chi connectivity index (χ2v) is 3.87. The predicted molar refractivity (Wildman–Crippen MR) is 60.8 cm³/mol. The lowest BCUT2D eigenvalue weighted by Crippen LogP contribution is -2.09. The summed E-state index contributed by atoms with van der Waals surface area (Å²) >= 11 is 1.64. The Morgan fingerprint density at radius 2 is 2.12 bits per heavy atom. The SMILES string of the molecule is CSCc1ccc(C(C)(F)F)nc1.N#CN. The Morgan fingerprint density at radius 1 is 1.56 bits per heavy atom. The second-order valence-electron chi connectivity index (χ2n) is 3.00. The molecule has 88 valence electrons. The molecule has 0 spiro atoms. The van der Waals surface area contributed by atoms with Gasteiger partial charge in [0.1, 0.15) is 5.69 Å². The molecule has 1 heterocycles. The molecule has 0 saturated carbocycles. The fourth-order valence-electron chi connectivity index (χ4n) is 0.936. The quantitative estimate of drug-likeness (QED) is 0.656. The van der Waals surface area contributed by atoms with Gasteiger partial charge in [-0.15, -0.1) is 0 Å². The maximum Gasteiger partial charge on any atom is 0.286 e. The van der Waals surface area contributed by atoms with Crippen molar-refractivity contribution in [3.05, 3.63) is 29.6 Å². The van der Waals surface area contributed by atoms with Crippen LogP contribution < -0.4 is 5.73 Å².